The summed E-state index contributed by atoms with van der Waals surface area (Å²) in [4.78, 5) is 12.9. The molecule has 3 aromatic rings. The minimum absolute atomic E-state index is 0.0597. The summed E-state index contributed by atoms with van der Waals surface area (Å²) < 4.78 is 10.6. The van der Waals surface area contributed by atoms with Crippen LogP contribution < -0.4 is 4.74 Å². The third-order valence-electron chi connectivity index (χ3n) is 3.85. The molecule has 25 heavy (non-hydrogen) atoms. The summed E-state index contributed by atoms with van der Waals surface area (Å²) in [7, 11) is 1.45. The molecule has 0 aliphatic carbocycles. The second kappa shape index (κ2) is 6.70. The van der Waals surface area contributed by atoms with E-state index in [9.17, 15) is 20.1 Å². The van der Waals surface area contributed by atoms with Gasteiger partial charge in [0.15, 0.2) is 17.3 Å². The van der Waals surface area contributed by atoms with Crippen molar-refractivity contribution in [2.24, 2.45) is 0 Å². The topological polar surface area (TPSA) is 100 Å². The van der Waals surface area contributed by atoms with Gasteiger partial charge in [0, 0.05) is 16.7 Å². The van der Waals surface area contributed by atoms with Gasteiger partial charge in [-0.25, -0.2) is 0 Å². The molecule has 0 fully saturated rings. The van der Waals surface area contributed by atoms with E-state index in [2.05, 4.69) is 0 Å². The number of rotatable bonds is 5. The second-order valence-corrected chi connectivity index (χ2v) is 5.38. The SMILES string of the molecule is COc1ccc(-c2ccco2)cc1C(=O)c1cc(O)c(O)c(CO)c1. The fourth-order valence-electron chi connectivity index (χ4n) is 2.57. The van der Waals surface area contributed by atoms with Gasteiger partial charge in [0.2, 0.25) is 0 Å². The number of hydrogen-bond donors (Lipinski definition) is 3. The predicted octanol–water partition coefficient (Wildman–Crippen LogP) is 3.09. The highest BCUT2D eigenvalue weighted by Gasteiger charge is 2.19. The zero-order chi connectivity index (χ0) is 18.0. The van der Waals surface area contributed by atoms with E-state index in [0.29, 0.717) is 17.1 Å². The minimum atomic E-state index is -0.510. The van der Waals surface area contributed by atoms with Gasteiger partial charge < -0.3 is 24.5 Å². The summed E-state index contributed by atoms with van der Waals surface area (Å²) in [6, 6.07) is 11.0. The number of carbonyl (C=O) groups is 1. The lowest BCUT2D eigenvalue weighted by Gasteiger charge is -2.11. The standard InChI is InChI=1S/C19H16O6/c1-24-17-5-4-11(16-3-2-6-25-16)8-14(17)18(22)12-7-13(10-20)19(23)15(21)9-12/h2-9,20-21,23H,10H2,1H3. The number of phenolic OH excluding ortho intramolecular Hbond substituents is 1. The fraction of sp³-hybridized carbons (Fsp3) is 0.105. The molecule has 0 saturated carbocycles. The number of hydrogen-bond acceptors (Lipinski definition) is 6. The van der Waals surface area contributed by atoms with Crippen molar-refractivity contribution in [1.29, 1.82) is 0 Å². The number of ketones is 1. The molecule has 0 saturated heterocycles. The summed E-state index contributed by atoms with van der Waals surface area (Å²) in [5, 5.41) is 28.7. The molecular formula is C19H16O6. The molecule has 0 spiro atoms. The first-order chi connectivity index (χ1) is 12.0. The van der Waals surface area contributed by atoms with E-state index in [1.807, 2.05) is 0 Å². The summed E-state index contributed by atoms with van der Waals surface area (Å²) in [6.45, 7) is -0.510. The smallest absolute Gasteiger partial charge is 0.196 e. The molecule has 1 heterocycles. The van der Waals surface area contributed by atoms with Crippen LogP contribution in [0.25, 0.3) is 11.3 Å². The highest BCUT2D eigenvalue weighted by molar-refractivity contribution is 6.11. The van der Waals surface area contributed by atoms with E-state index in [4.69, 9.17) is 9.15 Å². The van der Waals surface area contributed by atoms with Crippen LogP contribution in [-0.2, 0) is 6.61 Å². The van der Waals surface area contributed by atoms with Gasteiger partial charge in [0.1, 0.15) is 11.5 Å². The zero-order valence-electron chi connectivity index (χ0n) is 13.4. The van der Waals surface area contributed by atoms with Gasteiger partial charge in [-0.1, -0.05) is 0 Å². The highest BCUT2D eigenvalue weighted by Crippen LogP contribution is 2.33. The highest BCUT2D eigenvalue weighted by atomic mass is 16.5. The number of aromatic hydroxyl groups is 2. The Morgan fingerprint density at radius 3 is 2.60 bits per heavy atom. The van der Waals surface area contributed by atoms with Gasteiger partial charge in [-0.3, -0.25) is 4.79 Å². The summed E-state index contributed by atoms with van der Waals surface area (Å²) in [5.41, 5.74) is 1.14. The van der Waals surface area contributed by atoms with E-state index >= 15 is 0 Å². The average molecular weight is 340 g/mol. The molecule has 2 aromatic carbocycles. The van der Waals surface area contributed by atoms with Crippen molar-refractivity contribution in [3.8, 4) is 28.6 Å². The molecule has 0 aliphatic heterocycles. The molecule has 1 aromatic heterocycles. The number of furan rings is 1. The quantitative estimate of drug-likeness (QED) is 0.487. The average Bonchev–Trinajstić information content (AvgIpc) is 3.17. The Morgan fingerprint density at radius 2 is 1.96 bits per heavy atom. The summed E-state index contributed by atoms with van der Waals surface area (Å²) >= 11 is 0. The molecule has 0 radical (unpaired) electrons. The van der Waals surface area contributed by atoms with E-state index in [-0.39, 0.29) is 16.7 Å². The van der Waals surface area contributed by atoms with Crippen LogP contribution in [-0.4, -0.2) is 28.2 Å². The lowest BCUT2D eigenvalue weighted by molar-refractivity contribution is 0.103. The number of aliphatic hydroxyl groups is 1. The van der Waals surface area contributed by atoms with Gasteiger partial charge in [-0.05, 0) is 42.5 Å². The van der Waals surface area contributed by atoms with E-state index < -0.39 is 23.9 Å². The van der Waals surface area contributed by atoms with Crippen molar-refractivity contribution in [2.45, 2.75) is 6.61 Å². The largest absolute Gasteiger partial charge is 0.504 e. The predicted molar refractivity (Wildman–Crippen MR) is 89.8 cm³/mol. The van der Waals surface area contributed by atoms with E-state index in [0.717, 1.165) is 6.07 Å². The van der Waals surface area contributed by atoms with Crippen LogP contribution in [0.2, 0.25) is 0 Å². The Morgan fingerprint density at radius 1 is 1.16 bits per heavy atom. The maximum Gasteiger partial charge on any atom is 0.196 e. The third-order valence-corrected chi connectivity index (χ3v) is 3.85. The first-order valence-electron chi connectivity index (χ1n) is 7.47. The molecule has 6 heteroatoms. The monoisotopic (exact) mass is 340 g/mol. The third kappa shape index (κ3) is 3.07. The van der Waals surface area contributed by atoms with Gasteiger partial charge >= 0.3 is 0 Å². The lowest BCUT2D eigenvalue weighted by Crippen LogP contribution is -2.05. The molecule has 3 rings (SSSR count). The van der Waals surface area contributed by atoms with Crippen molar-refractivity contribution >= 4 is 5.78 Å². The number of carbonyl (C=O) groups excluding carboxylic acids is 1. The van der Waals surface area contributed by atoms with Crippen LogP contribution in [0.1, 0.15) is 21.5 Å². The van der Waals surface area contributed by atoms with Crippen LogP contribution in [0.15, 0.2) is 53.1 Å². The number of aliphatic hydroxyl groups excluding tert-OH is 1. The lowest BCUT2D eigenvalue weighted by atomic mass is 9.97. The van der Waals surface area contributed by atoms with Crippen molar-refractivity contribution in [1.82, 2.24) is 0 Å². The maximum absolute atomic E-state index is 12.9. The Kier molecular flexibility index (Phi) is 4.45. The normalized spacial score (nSPS) is 10.6. The van der Waals surface area contributed by atoms with E-state index in [1.165, 1.54) is 19.4 Å². The van der Waals surface area contributed by atoms with Crippen LogP contribution in [0.4, 0.5) is 0 Å². The number of ether oxygens (including phenoxy) is 1. The number of methoxy groups -OCH3 is 1. The van der Waals surface area contributed by atoms with Gasteiger partial charge in [-0.2, -0.15) is 0 Å². The van der Waals surface area contributed by atoms with Gasteiger partial charge in [0.05, 0.1) is 25.5 Å². The molecule has 0 bridgehead atoms. The molecule has 0 amide bonds. The van der Waals surface area contributed by atoms with Crippen molar-refractivity contribution in [3.63, 3.8) is 0 Å². The fourth-order valence-corrected chi connectivity index (χ4v) is 2.57. The molecule has 6 nitrogen and oxygen atoms in total. The van der Waals surface area contributed by atoms with Crippen molar-refractivity contribution in [2.75, 3.05) is 7.11 Å². The molecule has 0 aliphatic rings. The van der Waals surface area contributed by atoms with Crippen LogP contribution >= 0.6 is 0 Å². The molecule has 0 unspecified atom stereocenters. The van der Waals surface area contributed by atoms with Crippen LogP contribution in [0, 0.1) is 0 Å². The van der Waals surface area contributed by atoms with E-state index in [1.54, 1.807) is 30.3 Å². The van der Waals surface area contributed by atoms with Crippen LogP contribution in [0.5, 0.6) is 17.2 Å². The molecule has 128 valence electrons. The molecular weight excluding hydrogens is 324 g/mol. The minimum Gasteiger partial charge on any atom is -0.504 e. The molecule has 0 atom stereocenters. The number of phenols is 2. The Bertz CT molecular complexity index is 912. The Labute approximate surface area is 143 Å². The van der Waals surface area contributed by atoms with Gasteiger partial charge in [0.25, 0.3) is 0 Å². The zero-order valence-corrected chi connectivity index (χ0v) is 13.4. The summed E-state index contributed by atoms with van der Waals surface area (Å²) in [5.74, 6) is -0.388. The first-order valence-corrected chi connectivity index (χ1v) is 7.47. The number of benzene rings is 2. The Hall–Kier alpha value is -3.25. The van der Waals surface area contributed by atoms with Crippen molar-refractivity contribution < 1.29 is 29.3 Å². The van der Waals surface area contributed by atoms with Crippen LogP contribution in [0.3, 0.4) is 0 Å². The summed E-state index contributed by atoms with van der Waals surface area (Å²) in [6.07, 6.45) is 1.53. The maximum atomic E-state index is 12.9. The molecule has 3 N–H and O–H groups in total. The second-order valence-electron chi connectivity index (χ2n) is 5.38. The Balaban J connectivity index is 2.10. The van der Waals surface area contributed by atoms with Crippen molar-refractivity contribution in [3.05, 3.63) is 65.4 Å². The first kappa shape index (κ1) is 16.6. The van der Waals surface area contributed by atoms with Gasteiger partial charge in [-0.15, -0.1) is 0 Å².